The molecule has 6 heteroatoms. The molecule has 1 fully saturated rings. The molecule has 0 bridgehead atoms. The van der Waals surface area contributed by atoms with Gasteiger partial charge in [0.25, 0.3) is 5.91 Å². The minimum atomic E-state index is -0.290. The molecule has 0 unspecified atom stereocenters. The molecule has 5 nitrogen and oxygen atoms in total. The van der Waals surface area contributed by atoms with Gasteiger partial charge in [-0.3, -0.25) is 15.0 Å². The Morgan fingerprint density at radius 2 is 2.28 bits per heavy atom. The predicted molar refractivity (Wildman–Crippen MR) is 69.9 cm³/mol. The van der Waals surface area contributed by atoms with Crippen LogP contribution in [0.15, 0.2) is 11.4 Å². The van der Waals surface area contributed by atoms with E-state index in [1.54, 1.807) is 0 Å². The molecule has 1 aliphatic rings. The molecule has 1 aliphatic heterocycles. The first-order valence-electron chi connectivity index (χ1n) is 6.07. The number of nitrogens with zero attached hydrogens (tertiary/aromatic N) is 1. The van der Waals surface area contributed by atoms with Crippen molar-refractivity contribution < 1.29 is 9.59 Å². The number of hydrazine groups is 1. The van der Waals surface area contributed by atoms with E-state index in [0.29, 0.717) is 17.8 Å². The van der Waals surface area contributed by atoms with Gasteiger partial charge in [-0.05, 0) is 29.9 Å². The molecule has 0 aromatic carbocycles. The first-order chi connectivity index (χ1) is 8.72. The fourth-order valence-electron chi connectivity index (χ4n) is 2.14. The number of hydrogen-bond donors (Lipinski definition) is 2. The number of thiophene rings is 1. The van der Waals surface area contributed by atoms with Crippen molar-refractivity contribution >= 4 is 23.2 Å². The Hall–Kier alpha value is -1.40. The Kier molecular flexibility index (Phi) is 4.33. The standard InChI is InChI=1S/C12H17N3O2S/c13-14-12(17)11-9(5-7-18-11)8-15-6-3-1-2-4-10(15)16/h5,7H,1-4,6,8,13H2,(H,14,17). The summed E-state index contributed by atoms with van der Waals surface area (Å²) in [6.07, 6.45) is 3.72. The van der Waals surface area contributed by atoms with E-state index in [4.69, 9.17) is 5.84 Å². The fraction of sp³-hybridized carbons (Fsp3) is 0.500. The Bertz CT molecular complexity index is 444. The molecule has 0 radical (unpaired) electrons. The third-order valence-corrected chi connectivity index (χ3v) is 4.07. The normalized spacial score (nSPS) is 16.5. The predicted octanol–water partition coefficient (Wildman–Crippen LogP) is 1.25. The molecule has 1 aromatic rings. The van der Waals surface area contributed by atoms with Gasteiger partial charge in [0.15, 0.2) is 0 Å². The maximum absolute atomic E-state index is 11.9. The molecule has 98 valence electrons. The third kappa shape index (κ3) is 2.88. The monoisotopic (exact) mass is 267 g/mol. The van der Waals surface area contributed by atoms with Crippen LogP contribution in [0.3, 0.4) is 0 Å². The molecule has 0 atom stereocenters. The number of likely N-dealkylation sites (tertiary alicyclic amines) is 1. The van der Waals surface area contributed by atoms with Gasteiger partial charge in [-0.1, -0.05) is 6.42 Å². The van der Waals surface area contributed by atoms with E-state index in [-0.39, 0.29) is 11.8 Å². The smallest absolute Gasteiger partial charge is 0.275 e. The van der Waals surface area contributed by atoms with Gasteiger partial charge in [0.2, 0.25) is 5.91 Å². The van der Waals surface area contributed by atoms with E-state index in [1.165, 1.54) is 11.3 Å². The Labute approximate surface area is 110 Å². The summed E-state index contributed by atoms with van der Waals surface area (Å²) in [6.45, 7) is 1.28. The van der Waals surface area contributed by atoms with E-state index in [2.05, 4.69) is 5.43 Å². The van der Waals surface area contributed by atoms with Gasteiger partial charge in [0.1, 0.15) is 0 Å². The topological polar surface area (TPSA) is 75.4 Å². The maximum Gasteiger partial charge on any atom is 0.275 e. The number of hydrogen-bond acceptors (Lipinski definition) is 4. The summed E-state index contributed by atoms with van der Waals surface area (Å²) in [5, 5.41) is 1.85. The van der Waals surface area contributed by atoms with Crippen molar-refractivity contribution in [2.24, 2.45) is 5.84 Å². The van der Waals surface area contributed by atoms with Crippen LogP contribution in [-0.2, 0) is 11.3 Å². The lowest BCUT2D eigenvalue weighted by atomic mass is 10.2. The van der Waals surface area contributed by atoms with Crippen molar-refractivity contribution in [1.29, 1.82) is 0 Å². The Morgan fingerprint density at radius 1 is 1.44 bits per heavy atom. The number of nitrogens with one attached hydrogen (secondary N) is 1. The van der Waals surface area contributed by atoms with E-state index < -0.39 is 0 Å². The highest BCUT2D eigenvalue weighted by atomic mass is 32.1. The highest BCUT2D eigenvalue weighted by Gasteiger charge is 2.20. The summed E-state index contributed by atoms with van der Waals surface area (Å²) in [7, 11) is 0. The van der Waals surface area contributed by atoms with Gasteiger partial charge in [0, 0.05) is 19.5 Å². The van der Waals surface area contributed by atoms with Crippen molar-refractivity contribution in [3.63, 3.8) is 0 Å². The second-order valence-corrected chi connectivity index (χ2v) is 5.29. The zero-order valence-electron chi connectivity index (χ0n) is 10.1. The molecule has 2 rings (SSSR count). The van der Waals surface area contributed by atoms with E-state index in [0.717, 1.165) is 31.4 Å². The van der Waals surface area contributed by atoms with Crippen molar-refractivity contribution in [3.05, 3.63) is 21.9 Å². The Morgan fingerprint density at radius 3 is 3.06 bits per heavy atom. The second-order valence-electron chi connectivity index (χ2n) is 4.37. The molecule has 1 aromatic heterocycles. The number of amides is 2. The number of nitrogen functional groups attached to an aromatic ring is 1. The number of carbonyl (C=O) groups is 2. The number of rotatable bonds is 3. The van der Waals surface area contributed by atoms with Crippen molar-refractivity contribution in [2.45, 2.75) is 32.2 Å². The molecule has 1 saturated heterocycles. The highest BCUT2D eigenvalue weighted by molar-refractivity contribution is 7.12. The summed E-state index contributed by atoms with van der Waals surface area (Å²) < 4.78 is 0. The Balaban J connectivity index is 2.10. The number of carbonyl (C=O) groups excluding carboxylic acids is 2. The molecule has 2 amide bonds. The molecule has 0 spiro atoms. The van der Waals surface area contributed by atoms with E-state index in [9.17, 15) is 9.59 Å². The van der Waals surface area contributed by atoms with Crippen LogP contribution in [0.4, 0.5) is 0 Å². The summed E-state index contributed by atoms with van der Waals surface area (Å²) in [6, 6.07) is 1.88. The van der Waals surface area contributed by atoms with Crippen LogP contribution < -0.4 is 11.3 Å². The molecule has 0 saturated carbocycles. The first kappa shape index (κ1) is 13.0. The lowest BCUT2D eigenvalue weighted by Gasteiger charge is -2.20. The van der Waals surface area contributed by atoms with Crippen LogP contribution in [0.1, 0.15) is 40.9 Å². The summed E-state index contributed by atoms with van der Waals surface area (Å²) in [5.74, 6) is 5.03. The van der Waals surface area contributed by atoms with Crippen LogP contribution in [0, 0.1) is 0 Å². The van der Waals surface area contributed by atoms with Gasteiger partial charge < -0.3 is 4.90 Å². The molecule has 18 heavy (non-hydrogen) atoms. The largest absolute Gasteiger partial charge is 0.338 e. The molecular weight excluding hydrogens is 250 g/mol. The highest BCUT2D eigenvalue weighted by Crippen LogP contribution is 2.21. The van der Waals surface area contributed by atoms with E-state index >= 15 is 0 Å². The lowest BCUT2D eigenvalue weighted by Crippen LogP contribution is -2.32. The summed E-state index contributed by atoms with van der Waals surface area (Å²) in [5.41, 5.74) is 3.01. The van der Waals surface area contributed by atoms with Crippen LogP contribution >= 0.6 is 11.3 Å². The van der Waals surface area contributed by atoms with Crippen LogP contribution in [0.2, 0.25) is 0 Å². The quantitative estimate of drug-likeness (QED) is 0.492. The average Bonchev–Trinajstić information content (AvgIpc) is 2.74. The van der Waals surface area contributed by atoms with Gasteiger partial charge in [-0.2, -0.15) is 0 Å². The van der Waals surface area contributed by atoms with Crippen molar-refractivity contribution in [3.8, 4) is 0 Å². The summed E-state index contributed by atoms with van der Waals surface area (Å²) in [4.78, 5) is 25.9. The van der Waals surface area contributed by atoms with Gasteiger partial charge in [0.05, 0.1) is 4.88 Å². The van der Waals surface area contributed by atoms with Crippen LogP contribution in [0.5, 0.6) is 0 Å². The molecular formula is C12H17N3O2S. The zero-order chi connectivity index (χ0) is 13.0. The SMILES string of the molecule is NNC(=O)c1sccc1CN1CCCCCC1=O. The minimum Gasteiger partial charge on any atom is -0.338 e. The zero-order valence-corrected chi connectivity index (χ0v) is 11.0. The maximum atomic E-state index is 11.9. The van der Waals surface area contributed by atoms with Gasteiger partial charge >= 0.3 is 0 Å². The molecule has 0 aliphatic carbocycles. The van der Waals surface area contributed by atoms with E-state index in [1.807, 2.05) is 16.3 Å². The molecule has 2 heterocycles. The van der Waals surface area contributed by atoms with Crippen LogP contribution in [0.25, 0.3) is 0 Å². The van der Waals surface area contributed by atoms with Gasteiger partial charge in [-0.15, -0.1) is 11.3 Å². The first-order valence-corrected chi connectivity index (χ1v) is 6.95. The van der Waals surface area contributed by atoms with Gasteiger partial charge in [-0.25, -0.2) is 5.84 Å². The molecule has 3 N–H and O–H groups in total. The minimum absolute atomic E-state index is 0.179. The van der Waals surface area contributed by atoms with Crippen LogP contribution in [-0.4, -0.2) is 23.3 Å². The summed E-state index contributed by atoms with van der Waals surface area (Å²) >= 11 is 1.35. The number of nitrogens with two attached hydrogens (primary N) is 1. The third-order valence-electron chi connectivity index (χ3n) is 3.12. The fourth-order valence-corrected chi connectivity index (χ4v) is 2.95. The average molecular weight is 267 g/mol. The second kappa shape index (κ2) is 5.97. The van der Waals surface area contributed by atoms with Crippen molar-refractivity contribution in [1.82, 2.24) is 10.3 Å². The van der Waals surface area contributed by atoms with Crippen molar-refractivity contribution in [2.75, 3.05) is 6.54 Å². The lowest BCUT2D eigenvalue weighted by molar-refractivity contribution is -0.131.